The molecule has 238 valence electrons. The number of tetrazole rings is 1. The molecule has 0 radical (unpaired) electrons. The summed E-state index contributed by atoms with van der Waals surface area (Å²) in [7, 11) is 6.24. The molecule has 0 spiro atoms. The van der Waals surface area contributed by atoms with Crippen molar-refractivity contribution in [2.75, 3.05) is 35.0 Å². The first-order chi connectivity index (χ1) is 21.9. The zero-order valence-electron chi connectivity index (χ0n) is 25.9. The smallest absolute Gasteiger partial charge is 0.250 e. The number of furan rings is 1. The van der Waals surface area contributed by atoms with E-state index in [0.29, 0.717) is 46.6 Å². The second kappa shape index (κ2) is 14.6. The summed E-state index contributed by atoms with van der Waals surface area (Å²) in [5, 5.41) is 15.9. The summed E-state index contributed by atoms with van der Waals surface area (Å²) in [5.74, 6) is 2.24. The van der Waals surface area contributed by atoms with E-state index in [9.17, 15) is 9.59 Å². The highest BCUT2D eigenvalue weighted by molar-refractivity contribution is 5.88. The van der Waals surface area contributed by atoms with Crippen molar-refractivity contribution in [1.82, 2.24) is 30.4 Å². The minimum absolute atomic E-state index is 0.0544. The largest absolute Gasteiger partial charge is 0.493 e. The SMILES string of the molecule is COc1ccc(CCN(C(=O)Cn2nnc(-c3ccc(OC)c(OC)c3)n2)[C@H](C(=O)NC2CCCC2)c2ccco2)cc1OC. The molecular formula is C32H38N6O7. The molecule has 2 aromatic heterocycles. The van der Waals surface area contributed by atoms with E-state index in [1.807, 2.05) is 18.2 Å². The van der Waals surface area contributed by atoms with Crippen LogP contribution in [-0.4, -0.2) is 77.9 Å². The zero-order chi connectivity index (χ0) is 31.8. The number of amides is 2. The molecule has 2 aromatic carbocycles. The van der Waals surface area contributed by atoms with E-state index >= 15 is 0 Å². The van der Waals surface area contributed by atoms with Crippen molar-refractivity contribution in [3.05, 3.63) is 66.1 Å². The highest BCUT2D eigenvalue weighted by atomic mass is 16.5. The van der Waals surface area contributed by atoms with Gasteiger partial charge in [0.25, 0.3) is 5.91 Å². The lowest BCUT2D eigenvalue weighted by Gasteiger charge is -2.30. The van der Waals surface area contributed by atoms with Crippen molar-refractivity contribution in [3.8, 4) is 34.4 Å². The molecule has 1 atom stereocenters. The Balaban J connectivity index is 1.42. The molecule has 13 heteroatoms. The Morgan fingerprint density at radius 2 is 1.64 bits per heavy atom. The topological polar surface area (TPSA) is 143 Å². The van der Waals surface area contributed by atoms with Gasteiger partial charge in [0, 0.05) is 18.2 Å². The normalized spacial score (nSPS) is 13.7. The van der Waals surface area contributed by atoms with Crippen molar-refractivity contribution in [3.63, 3.8) is 0 Å². The Bertz CT molecular complexity index is 1580. The maximum absolute atomic E-state index is 14.1. The van der Waals surface area contributed by atoms with Crippen LogP contribution in [0.5, 0.6) is 23.0 Å². The van der Waals surface area contributed by atoms with Crippen molar-refractivity contribution < 1.29 is 33.0 Å². The number of methoxy groups -OCH3 is 4. The molecule has 1 saturated carbocycles. The summed E-state index contributed by atoms with van der Waals surface area (Å²) < 4.78 is 27.3. The number of aromatic nitrogens is 4. The molecule has 1 aliphatic rings. The first kappa shape index (κ1) is 31.4. The van der Waals surface area contributed by atoms with Crippen molar-refractivity contribution in [2.45, 2.75) is 50.7 Å². The van der Waals surface area contributed by atoms with Crippen LogP contribution < -0.4 is 24.3 Å². The summed E-state index contributed by atoms with van der Waals surface area (Å²) in [4.78, 5) is 30.6. The molecule has 2 amide bonds. The maximum Gasteiger partial charge on any atom is 0.250 e. The third-order valence-corrected chi connectivity index (χ3v) is 7.86. The number of ether oxygens (including phenoxy) is 4. The molecule has 13 nitrogen and oxygen atoms in total. The fraction of sp³-hybridized carbons (Fsp3) is 0.406. The Morgan fingerprint density at radius 3 is 2.31 bits per heavy atom. The summed E-state index contributed by atoms with van der Waals surface area (Å²) in [5.41, 5.74) is 1.54. The highest BCUT2D eigenvalue weighted by Crippen LogP contribution is 2.31. The van der Waals surface area contributed by atoms with E-state index in [4.69, 9.17) is 23.4 Å². The molecule has 1 N–H and O–H groups in total. The monoisotopic (exact) mass is 618 g/mol. The van der Waals surface area contributed by atoms with E-state index in [1.165, 1.54) is 16.0 Å². The molecule has 0 aliphatic heterocycles. The number of hydrogen-bond donors (Lipinski definition) is 1. The number of carbonyl (C=O) groups is 2. The summed E-state index contributed by atoms with van der Waals surface area (Å²) in [6.07, 6.45) is 5.84. The third-order valence-electron chi connectivity index (χ3n) is 7.86. The van der Waals surface area contributed by atoms with Gasteiger partial charge in [-0.2, -0.15) is 4.80 Å². The molecule has 1 aliphatic carbocycles. The van der Waals surface area contributed by atoms with Gasteiger partial charge < -0.3 is 33.6 Å². The number of rotatable bonds is 14. The predicted molar refractivity (Wildman–Crippen MR) is 163 cm³/mol. The molecule has 5 rings (SSSR count). The maximum atomic E-state index is 14.1. The molecule has 0 bridgehead atoms. The van der Waals surface area contributed by atoms with E-state index < -0.39 is 6.04 Å². The van der Waals surface area contributed by atoms with Gasteiger partial charge in [-0.3, -0.25) is 9.59 Å². The fourth-order valence-corrected chi connectivity index (χ4v) is 5.52. The molecule has 45 heavy (non-hydrogen) atoms. The number of benzene rings is 2. The van der Waals surface area contributed by atoms with Crippen LogP contribution in [0.1, 0.15) is 43.0 Å². The van der Waals surface area contributed by atoms with Gasteiger partial charge in [0.05, 0.1) is 34.7 Å². The van der Waals surface area contributed by atoms with Gasteiger partial charge in [-0.25, -0.2) is 0 Å². The summed E-state index contributed by atoms with van der Waals surface area (Å²) in [6, 6.07) is 13.3. The van der Waals surface area contributed by atoms with Crippen LogP contribution >= 0.6 is 0 Å². The van der Waals surface area contributed by atoms with Gasteiger partial charge in [0.2, 0.25) is 11.7 Å². The van der Waals surface area contributed by atoms with Gasteiger partial charge >= 0.3 is 0 Å². The van der Waals surface area contributed by atoms with Crippen LogP contribution in [0.4, 0.5) is 0 Å². The van der Waals surface area contributed by atoms with Gasteiger partial charge in [-0.1, -0.05) is 18.9 Å². The second-order valence-electron chi connectivity index (χ2n) is 10.6. The molecule has 2 heterocycles. The predicted octanol–water partition coefficient (Wildman–Crippen LogP) is 3.84. The van der Waals surface area contributed by atoms with Crippen molar-refractivity contribution in [1.29, 1.82) is 0 Å². The molecule has 0 unspecified atom stereocenters. The van der Waals surface area contributed by atoms with Crippen LogP contribution in [-0.2, 0) is 22.6 Å². The molecule has 0 saturated heterocycles. The van der Waals surface area contributed by atoms with Crippen LogP contribution in [0.2, 0.25) is 0 Å². The van der Waals surface area contributed by atoms with Crippen molar-refractivity contribution in [2.24, 2.45) is 0 Å². The fourth-order valence-electron chi connectivity index (χ4n) is 5.52. The number of hydrogen-bond acceptors (Lipinski definition) is 10. The van der Waals surface area contributed by atoms with Crippen LogP contribution in [0.25, 0.3) is 11.4 Å². The Kier molecular flexibility index (Phi) is 10.2. The Labute approximate surface area is 261 Å². The van der Waals surface area contributed by atoms with Crippen LogP contribution in [0, 0.1) is 0 Å². The standard InChI is InChI=1S/C32H38N6O7/c1-41-24-13-11-21(18-27(24)43-3)15-16-37(30(26-10-7-17-45-26)32(40)33-23-8-5-6-9-23)29(39)20-38-35-31(34-36-38)22-12-14-25(42-2)28(19-22)44-4/h7,10-14,17-19,23,30H,5-6,8-9,15-16,20H2,1-4H3,(H,33,40)/t30-/m0/s1. The van der Waals surface area contributed by atoms with E-state index in [2.05, 4.69) is 20.7 Å². The van der Waals surface area contributed by atoms with Gasteiger partial charge in [-0.05, 0) is 72.5 Å². The number of nitrogens with one attached hydrogen (secondary N) is 1. The third kappa shape index (κ3) is 7.36. The minimum atomic E-state index is -0.998. The minimum Gasteiger partial charge on any atom is -0.493 e. The molecular weight excluding hydrogens is 580 g/mol. The lowest BCUT2D eigenvalue weighted by molar-refractivity contribution is -0.142. The quantitative estimate of drug-likeness (QED) is 0.221. The van der Waals surface area contributed by atoms with E-state index in [-0.39, 0.29) is 30.9 Å². The number of carbonyl (C=O) groups excluding carboxylic acids is 2. The average Bonchev–Trinajstić information content (AvgIpc) is 3.87. The van der Waals surface area contributed by atoms with Gasteiger partial charge in [0.15, 0.2) is 29.0 Å². The first-order valence-corrected chi connectivity index (χ1v) is 14.8. The van der Waals surface area contributed by atoms with E-state index in [1.54, 1.807) is 58.8 Å². The first-order valence-electron chi connectivity index (χ1n) is 14.8. The lowest BCUT2D eigenvalue weighted by Crippen LogP contribution is -2.47. The average molecular weight is 619 g/mol. The van der Waals surface area contributed by atoms with Crippen LogP contribution in [0.3, 0.4) is 0 Å². The zero-order valence-corrected chi connectivity index (χ0v) is 25.9. The highest BCUT2D eigenvalue weighted by Gasteiger charge is 2.35. The van der Waals surface area contributed by atoms with Gasteiger partial charge in [0.1, 0.15) is 12.3 Å². The van der Waals surface area contributed by atoms with Crippen molar-refractivity contribution >= 4 is 11.8 Å². The summed E-state index contributed by atoms with van der Waals surface area (Å²) in [6.45, 7) is -0.0465. The molecule has 4 aromatic rings. The van der Waals surface area contributed by atoms with E-state index in [0.717, 1.165) is 31.2 Å². The van der Waals surface area contributed by atoms with Crippen LogP contribution in [0.15, 0.2) is 59.2 Å². The summed E-state index contributed by atoms with van der Waals surface area (Å²) >= 11 is 0. The lowest BCUT2D eigenvalue weighted by atomic mass is 10.1. The molecule has 1 fully saturated rings. The number of nitrogens with zero attached hydrogens (tertiary/aromatic N) is 5. The Hall–Kier alpha value is -5.07. The van der Waals surface area contributed by atoms with Gasteiger partial charge in [-0.15, -0.1) is 10.2 Å². The Morgan fingerprint density at radius 1 is 0.956 bits per heavy atom. The second-order valence-corrected chi connectivity index (χ2v) is 10.6.